The zero-order chi connectivity index (χ0) is 10.5. The Morgan fingerprint density at radius 3 is 3.13 bits per heavy atom. The van der Waals surface area contributed by atoms with Crippen LogP contribution in [-0.4, -0.2) is 14.8 Å². The molecular weight excluding hydrogens is 254 g/mol. The highest BCUT2D eigenvalue weighted by molar-refractivity contribution is 9.11. The molecule has 1 heterocycles. The molecular formula is C11H12BrN3. The van der Waals surface area contributed by atoms with Gasteiger partial charge in [-0.05, 0) is 18.4 Å². The minimum Gasteiger partial charge on any atom is -0.249 e. The largest absolute Gasteiger partial charge is 0.249 e. The molecule has 0 aliphatic heterocycles. The highest BCUT2D eigenvalue weighted by Gasteiger charge is 2.03. The van der Waals surface area contributed by atoms with Crippen molar-refractivity contribution < 1.29 is 0 Å². The van der Waals surface area contributed by atoms with Crippen LogP contribution in [0.5, 0.6) is 0 Å². The Labute approximate surface area is 97.3 Å². The van der Waals surface area contributed by atoms with Crippen LogP contribution >= 0.6 is 15.9 Å². The van der Waals surface area contributed by atoms with Gasteiger partial charge in [-0.2, -0.15) is 5.10 Å². The van der Waals surface area contributed by atoms with Gasteiger partial charge >= 0.3 is 0 Å². The fourth-order valence-corrected chi connectivity index (χ4v) is 1.92. The van der Waals surface area contributed by atoms with Gasteiger partial charge in [0.25, 0.3) is 0 Å². The van der Waals surface area contributed by atoms with Gasteiger partial charge in [0.1, 0.15) is 12.7 Å². The molecule has 15 heavy (non-hydrogen) atoms. The second kappa shape index (κ2) is 5.07. The normalized spacial score (nSPS) is 25.7. The third-order valence-corrected chi connectivity index (χ3v) is 3.13. The van der Waals surface area contributed by atoms with E-state index in [-0.39, 0.29) is 0 Å². The van der Waals surface area contributed by atoms with Crippen LogP contribution in [0, 0.1) is 0 Å². The first kappa shape index (κ1) is 10.4. The van der Waals surface area contributed by atoms with E-state index in [2.05, 4.69) is 50.3 Å². The van der Waals surface area contributed by atoms with Crippen molar-refractivity contribution in [3.63, 3.8) is 0 Å². The van der Waals surface area contributed by atoms with Crippen LogP contribution in [0.25, 0.3) is 0 Å². The van der Waals surface area contributed by atoms with Crippen LogP contribution in [0.3, 0.4) is 0 Å². The van der Waals surface area contributed by atoms with Crippen LogP contribution in [0.15, 0.2) is 47.0 Å². The van der Waals surface area contributed by atoms with Crippen molar-refractivity contribution in [1.82, 2.24) is 14.8 Å². The summed E-state index contributed by atoms with van der Waals surface area (Å²) in [6.45, 7) is 0.769. The standard InChI is InChI=1S/C11H12BrN3/c12-11-6-4-2-1-3-5-10(11)7-15-9-13-8-14-15/h1-3,5,8-9H,4,6-7H2/b2-1-,5-3-,11-10-. The highest BCUT2D eigenvalue weighted by atomic mass is 79.9. The zero-order valence-corrected chi connectivity index (χ0v) is 9.89. The highest BCUT2D eigenvalue weighted by Crippen LogP contribution is 2.22. The van der Waals surface area contributed by atoms with Crippen molar-refractivity contribution in [2.45, 2.75) is 19.4 Å². The molecule has 0 amide bonds. The molecule has 4 heteroatoms. The Morgan fingerprint density at radius 2 is 2.33 bits per heavy atom. The number of hydrogen-bond donors (Lipinski definition) is 0. The van der Waals surface area contributed by atoms with Gasteiger partial charge in [0, 0.05) is 4.48 Å². The fourth-order valence-electron chi connectivity index (χ4n) is 1.43. The minimum absolute atomic E-state index is 0.769. The quantitative estimate of drug-likeness (QED) is 0.824. The van der Waals surface area contributed by atoms with Gasteiger partial charge in [0.15, 0.2) is 0 Å². The number of rotatable bonds is 2. The third-order valence-electron chi connectivity index (χ3n) is 2.22. The van der Waals surface area contributed by atoms with E-state index in [9.17, 15) is 0 Å². The molecule has 0 fully saturated rings. The van der Waals surface area contributed by atoms with Crippen LogP contribution in [0.4, 0.5) is 0 Å². The Hall–Kier alpha value is -1.16. The predicted octanol–water partition coefficient (Wildman–Crippen LogP) is 2.83. The van der Waals surface area contributed by atoms with E-state index in [1.807, 2.05) is 4.68 Å². The van der Waals surface area contributed by atoms with Crippen LogP contribution in [0.2, 0.25) is 0 Å². The van der Waals surface area contributed by atoms with E-state index < -0.39 is 0 Å². The predicted molar refractivity (Wildman–Crippen MR) is 63.5 cm³/mol. The summed E-state index contributed by atoms with van der Waals surface area (Å²) in [7, 11) is 0. The summed E-state index contributed by atoms with van der Waals surface area (Å²) in [4.78, 5) is 3.93. The zero-order valence-electron chi connectivity index (χ0n) is 8.31. The molecule has 0 atom stereocenters. The summed E-state index contributed by atoms with van der Waals surface area (Å²) < 4.78 is 3.07. The van der Waals surface area contributed by atoms with Gasteiger partial charge in [-0.15, -0.1) is 0 Å². The van der Waals surface area contributed by atoms with E-state index in [1.54, 1.807) is 12.7 Å². The Balaban J connectivity index is 2.18. The van der Waals surface area contributed by atoms with E-state index in [0.29, 0.717) is 0 Å². The smallest absolute Gasteiger partial charge is 0.137 e. The van der Waals surface area contributed by atoms with Gasteiger partial charge in [-0.3, -0.25) is 0 Å². The van der Waals surface area contributed by atoms with Crippen molar-refractivity contribution in [3.8, 4) is 0 Å². The molecule has 1 aromatic heterocycles. The lowest BCUT2D eigenvalue weighted by molar-refractivity contribution is 0.680. The maximum Gasteiger partial charge on any atom is 0.137 e. The number of hydrogen-bond acceptors (Lipinski definition) is 2. The van der Waals surface area contributed by atoms with Crippen molar-refractivity contribution >= 4 is 15.9 Å². The molecule has 78 valence electrons. The van der Waals surface area contributed by atoms with Gasteiger partial charge in [-0.25, -0.2) is 9.67 Å². The van der Waals surface area contributed by atoms with Crippen molar-refractivity contribution in [2.24, 2.45) is 0 Å². The van der Waals surface area contributed by atoms with Crippen molar-refractivity contribution in [3.05, 3.63) is 47.0 Å². The van der Waals surface area contributed by atoms with Gasteiger partial charge in [-0.1, -0.05) is 40.2 Å². The molecule has 0 spiro atoms. The summed E-state index contributed by atoms with van der Waals surface area (Å²) in [6, 6.07) is 0. The minimum atomic E-state index is 0.769. The van der Waals surface area contributed by atoms with Gasteiger partial charge < -0.3 is 0 Å². The van der Waals surface area contributed by atoms with Crippen LogP contribution in [0.1, 0.15) is 12.8 Å². The average molecular weight is 266 g/mol. The van der Waals surface area contributed by atoms with E-state index >= 15 is 0 Å². The van der Waals surface area contributed by atoms with Crippen LogP contribution in [-0.2, 0) is 6.54 Å². The molecule has 0 radical (unpaired) electrons. The second-order valence-electron chi connectivity index (χ2n) is 3.35. The number of halogens is 1. The monoisotopic (exact) mass is 265 g/mol. The number of nitrogens with zero attached hydrogens (tertiary/aromatic N) is 3. The van der Waals surface area contributed by atoms with Crippen molar-refractivity contribution in [2.75, 3.05) is 0 Å². The SMILES string of the molecule is Br/C1=C(Cn2cncn2)/C=C\C=C/CC1. The van der Waals surface area contributed by atoms with E-state index in [4.69, 9.17) is 0 Å². The first-order valence-corrected chi connectivity index (χ1v) is 5.69. The third kappa shape index (κ3) is 2.89. The number of allylic oxidation sites excluding steroid dienone is 6. The summed E-state index contributed by atoms with van der Waals surface area (Å²) in [5, 5.41) is 4.10. The molecule has 0 aromatic carbocycles. The molecule has 0 unspecified atom stereocenters. The first-order valence-electron chi connectivity index (χ1n) is 4.89. The second-order valence-corrected chi connectivity index (χ2v) is 4.31. The van der Waals surface area contributed by atoms with Gasteiger partial charge in [0.2, 0.25) is 0 Å². The summed E-state index contributed by atoms with van der Waals surface area (Å²) in [5.74, 6) is 0. The molecule has 0 saturated heterocycles. The summed E-state index contributed by atoms with van der Waals surface area (Å²) in [6.07, 6.45) is 13.8. The Morgan fingerprint density at radius 1 is 1.40 bits per heavy atom. The molecule has 1 aromatic rings. The molecule has 0 bridgehead atoms. The Bertz CT molecular complexity index is 401. The lowest BCUT2D eigenvalue weighted by atomic mass is 10.1. The Kier molecular flexibility index (Phi) is 3.50. The molecule has 0 saturated carbocycles. The summed E-state index contributed by atoms with van der Waals surface area (Å²) >= 11 is 3.62. The van der Waals surface area contributed by atoms with Crippen LogP contribution < -0.4 is 0 Å². The fraction of sp³-hybridized carbons (Fsp3) is 0.273. The molecule has 1 aliphatic carbocycles. The van der Waals surface area contributed by atoms with E-state index in [1.165, 1.54) is 10.1 Å². The average Bonchev–Trinajstić information content (AvgIpc) is 2.70. The topological polar surface area (TPSA) is 30.7 Å². The first-order chi connectivity index (χ1) is 7.36. The van der Waals surface area contributed by atoms with Gasteiger partial charge in [0.05, 0.1) is 6.54 Å². The molecule has 3 nitrogen and oxygen atoms in total. The van der Waals surface area contributed by atoms with Crippen molar-refractivity contribution in [1.29, 1.82) is 0 Å². The lowest BCUT2D eigenvalue weighted by Crippen LogP contribution is -2.02. The summed E-state index contributed by atoms with van der Waals surface area (Å²) in [5.41, 5.74) is 1.25. The maximum atomic E-state index is 4.10. The van der Waals surface area contributed by atoms with E-state index in [0.717, 1.165) is 19.4 Å². The molecule has 0 N–H and O–H groups in total. The lowest BCUT2D eigenvalue weighted by Gasteiger charge is -2.07. The molecule has 1 aliphatic rings. The maximum absolute atomic E-state index is 4.10. The number of aromatic nitrogens is 3. The molecule has 2 rings (SSSR count).